The molecule has 0 aliphatic heterocycles. The second-order valence-electron chi connectivity index (χ2n) is 3.56. The largest absolute Gasteiger partial charge is 0.369 e. The molecule has 0 radical (unpaired) electrons. The van der Waals surface area contributed by atoms with E-state index in [-0.39, 0.29) is 0 Å². The number of hydrogen-bond acceptors (Lipinski definition) is 5. The summed E-state index contributed by atoms with van der Waals surface area (Å²) in [6.07, 6.45) is 2.64. The summed E-state index contributed by atoms with van der Waals surface area (Å²) >= 11 is 1.63. The van der Waals surface area contributed by atoms with Crippen molar-refractivity contribution in [3.63, 3.8) is 0 Å². The molecule has 86 valence electrons. The van der Waals surface area contributed by atoms with Gasteiger partial charge in [-0.1, -0.05) is 0 Å². The van der Waals surface area contributed by atoms with E-state index in [1.54, 1.807) is 23.6 Å². The number of anilines is 1. The van der Waals surface area contributed by atoms with Crippen molar-refractivity contribution in [2.45, 2.75) is 13.3 Å². The van der Waals surface area contributed by atoms with E-state index >= 15 is 0 Å². The van der Waals surface area contributed by atoms with E-state index in [1.165, 1.54) is 0 Å². The summed E-state index contributed by atoms with van der Waals surface area (Å²) in [6.45, 7) is 2.64. The zero-order chi connectivity index (χ0) is 12.1. The maximum Gasteiger partial charge on any atom is 0.144 e. The monoisotopic (exact) mass is 244 g/mol. The fourth-order valence-electron chi connectivity index (χ4n) is 1.45. The van der Waals surface area contributed by atoms with Crippen LogP contribution >= 0.6 is 11.3 Å². The SMILES string of the molecule is Cc1ccc(C#N)c(NCCc2nccs2)n1. The van der Waals surface area contributed by atoms with Gasteiger partial charge >= 0.3 is 0 Å². The van der Waals surface area contributed by atoms with E-state index in [0.29, 0.717) is 11.4 Å². The molecule has 0 spiro atoms. The van der Waals surface area contributed by atoms with Gasteiger partial charge in [-0.3, -0.25) is 0 Å². The van der Waals surface area contributed by atoms with E-state index in [1.807, 2.05) is 18.4 Å². The molecule has 0 bridgehead atoms. The summed E-state index contributed by atoms with van der Waals surface area (Å²) < 4.78 is 0. The molecule has 0 aliphatic carbocycles. The van der Waals surface area contributed by atoms with Gasteiger partial charge in [-0.25, -0.2) is 9.97 Å². The molecule has 2 heterocycles. The van der Waals surface area contributed by atoms with Crippen molar-refractivity contribution in [3.05, 3.63) is 40.0 Å². The van der Waals surface area contributed by atoms with Gasteiger partial charge in [0.15, 0.2) is 0 Å². The Kier molecular flexibility index (Phi) is 3.68. The molecule has 0 fully saturated rings. The number of aromatic nitrogens is 2. The van der Waals surface area contributed by atoms with Gasteiger partial charge in [-0.05, 0) is 19.1 Å². The molecule has 1 N–H and O–H groups in total. The first-order chi connectivity index (χ1) is 8.29. The van der Waals surface area contributed by atoms with Crippen molar-refractivity contribution in [1.29, 1.82) is 5.26 Å². The first kappa shape index (κ1) is 11.6. The normalized spacial score (nSPS) is 9.88. The quantitative estimate of drug-likeness (QED) is 0.897. The first-order valence-corrected chi connectivity index (χ1v) is 6.17. The van der Waals surface area contributed by atoms with Crippen molar-refractivity contribution in [2.75, 3.05) is 11.9 Å². The number of hydrogen-bond donors (Lipinski definition) is 1. The van der Waals surface area contributed by atoms with Gasteiger partial charge < -0.3 is 5.32 Å². The van der Waals surface area contributed by atoms with E-state index in [4.69, 9.17) is 5.26 Å². The predicted octanol–water partition coefficient (Wildman–Crippen LogP) is 2.37. The smallest absolute Gasteiger partial charge is 0.144 e. The first-order valence-electron chi connectivity index (χ1n) is 5.29. The van der Waals surface area contributed by atoms with Crippen LogP contribution in [0.1, 0.15) is 16.3 Å². The van der Waals surface area contributed by atoms with E-state index in [0.717, 1.165) is 23.7 Å². The van der Waals surface area contributed by atoms with Crippen molar-refractivity contribution in [3.8, 4) is 6.07 Å². The third-order valence-corrected chi connectivity index (χ3v) is 3.11. The molecule has 0 atom stereocenters. The Bertz CT molecular complexity index is 528. The van der Waals surface area contributed by atoms with Gasteiger partial charge in [0.1, 0.15) is 11.9 Å². The van der Waals surface area contributed by atoms with Crippen molar-refractivity contribution in [1.82, 2.24) is 9.97 Å². The molecule has 17 heavy (non-hydrogen) atoms. The number of nitrogens with one attached hydrogen (secondary N) is 1. The zero-order valence-electron chi connectivity index (χ0n) is 9.47. The summed E-state index contributed by atoms with van der Waals surface area (Å²) in [5, 5.41) is 15.2. The summed E-state index contributed by atoms with van der Waals surface area (Å²) in [5.41, 5.74) is 1.48. The third kappa shape index (κ3) is 3.02. The average Bonchev–Trinajstić information content (AvgIpc) is 2.82. The minimum Gasteiger partial charge on any atom is -0.369 e. The average molecular weight is 244 g/mol. The second kappa shape index (κ2) is 5.41. The molecule has 0 unspecified atom stereocenters. The van der Waals surface area contributed by atoms with Crippen LogP contribution < -0.4 is 5.32 Å². The molecular weight excluding hydrogens is 232 g/mol. The molecule has 0 aromatic carbocycles. The second-order valence-corrected chi connectivity index (χ2v) is 4.54. The summed E-state index contributed by atoms with van der Waals surface area (Å²) in [4.78, 5) is 8.51. The van der Waals surface area contributed by atoms with Crippen LogP contribution in [0.3, 0.4) is 0 Å². The molecule has 0 saturated carbocycles. The highest BCUT2D eigenvalue weighted by Crippen LogP contribution is 2.12. The fourth-order valence-corrected chi connectivity index (χ4v) is 2.07. The van der Waals surface area contributed by atoms with Gasteiger partial charge in [-0.15, -0.1) is 11.3 Å². The highest BCUT2D eigenvalue weighted by atomic mass is 32.1. The standard InChI is InChI=1S/C12H12N4S/c1-9-2-3-10(8-13)12(16-9)15-5-4-11-14-6-7-17-11/h2-3,6-7H,4-5H2,1H3,(H,15,16). The molecule has 4 nitrogen and oxygen atoms in total. The van der Waals surface area contributed by atoms with E-state index in [2.05, 4.69) is 21.4 Å². The highest BCUT2D eigenvalue weighted by Gasteiger charge is 2.03. The number of rotatable bonds is 4. The van der Waals surface area contributed by atoms with Crippen molar-refractivity contribution >= 4 is 17.2 Å². The Balaban J connectivity index is 1.99. The summed E-state index contributed by atoms with van der Waals surface area (Å²) in [5.74, 6) is 0.657. The minimum absolute atomic E-state index is 0.578. The van der Waals surface area contributed by atoms with Crippen LogP contribution in [-0.4, -0.2) is 16.5 Å². The van der Waals surface area contributed by atoms with Gasteiger partial charge in [0.2, 0.25) is 0 Å². The van der Waals surface area contributed by atoms with Crippen LogP contribution in [0.4, 0.5) is 5.82 Å². The van der Waals surface area contributed by atoms with E-state index in [9.17, 15) is 0 Å². The molecular formula is C12H12N4S. The lowest BCUT2D eigenvalue weighted by atomic mass is 10.2. The fraction of sp³-hybridized carbons (Fsp3) is 0.250. The van der Waals surface area contributed by atoms with Crippen molar-refractivity contribution in [2.24, 2.45) is 0 Å². The van der Waals surface area contributed by atoms with Crippen LogP contribution in [0.15, 0.2) is 23.7 Å². The Labute approximate surface area is 104 Å². The minimum atomic E-state index is 0.578. The molecule has 2 rings (SSSR count). The molecule has 0 saturated heterocycles. The number of nitrogens with zero attached hydrogens (tertiary/aromatic N) is 3. The van der Waals surface area contributed by atoms with Gasteiger partial charge in [-0.2, -0.15) is 5.26 Å². The molecule has 0 amide bonds. The zero-order valence-corrected chi connectivity index (χ0v) is 10.3. The lowest BCUT2D eigenvalue weighted by Gasteiger charge is -2.06. The Morgan fingerprint density at radius 3 is 3.06 bits per heavy atom. The van der Waals surface area contributed by atoms with Crippen molar-refractivity contribution < 1.29 is 0 Å². The van der Waals surface area contributed by atoms with Gasteiger partial charge in [0, 0.05) is 30.2 Å². The summed E-state index contributed by atoms with van der Waals surface area (Å²) in [6, 6.07) is 5.75. The van der Waals surface area contributed by atoms with Gasteiger partial charge in [0.05, 0.1) is 10.6 Å². The van der Waals surface area contributed by atoms with Crippen LogP contribution in [0.5, 0.6) is 0 Å². The third-order valence-electron chi connectivity index (χ3n) is 2.27. The van der Waals surface area contributed by atoms with Gasteiger partial charge in [0.25, 0.3) is 0 Å². The van der Waals surface area contributed by atoms with Crippen LogP contribution in [-0.2, 0) is 6.42 Å². The van der Waals surface area contributed by atoms with E-state index < -0.39 is 0 Å². The predicted molar refractivity (Wildman–Crippen MR) is 68.0 cm³/mol. The molecule has 2 aromatic rings. The van der Waals surface area contributed by atoms with Crippen LogP contribution in [0, 0.1) is 18.3 Å². The molecule has 5 heteroatoms. The van der Waals surface area contributed by atoms with Crippen LogP contribution in [0.2, 0.25) is 0 Å². The maximum absolute atomic E-state index is 8.95. The summed E-state index contributed by atoms with van der Waals surface area (Å²) in [7, 11) is 0. The number of pyridine rings is 1. The highest BCUT2D eigenvalue weighted by molar-refractivity contribution is 7.09. The number of nitriles is 1. The number of thiazole rings is 1. The Hall–Kier alpha value is -1.93. The van der Waals surface area contributed by atoms with Crippen LogP contribution in [0.25, 0.3) is 0 Å². The molecule has 2 aromatic heterocycles. The Morgan fingerprint density at radius 2 is 2.35 bits per heavy atom. The number of aryl methyl sites for hydroxylation is 1. The lowest BCUT2D eigenvalue weighted by Crippen LogP contribution is -2.08. The topological polar surface area (TPSA) is 61.6 Å². The Morgan fingerprint density at radius 1 is 1.47 bits per heavy atom. The lowest BCUT2D eigenvalue weighted by molar-refractivity contribution is 0.982. The molecule has 0 aliphatic rings. The maximum atomic E-state index is 8.95.